The van der Waals surface area contributed by atoms with E-state index >= 15 is 0 Å². The van der Waals surface area contributed by atoms with Gasteiger partial charge in [-0.05, 0) is 20.8 Å². The van der Waals surface area contributed by atoms with Crippen LogP contribution in [0.1, 0.15) is 16.7 Å². The van der Waals surface area contributed by atoms with E-state index in [-0.39, 0.29) is 0 Å². The molecule has 0 fully saturated rings. The van der Waals surface area contributed by atoms with Crippen molar-refractivity contribution in [3.63, 3.8) is 0 Å². The summed E-state index contributed by atoms with van der Waals surface area (Å²) in [7, 11) is 1.67. The minimum absolute atomic E-state index is 0.816. The summed E-state index contributed by atoms with van der Waals surface area (Å²) >= 11 is 0. The molecule has 2 heterocycles. The first kappa shape index (κ1) is 13.3. The molecule has 21 heavy (non-hydrogen) atoms. The van der Waals surface area contributed by atoms with E-state index in [1.807, 2.05) is 20.8 Å². The molecule has 3 aromatic rings. The van der Waals surface area contributed by atoms with Crippen LogP contribution < -0.4 is 4.74 Å². The molecule has 0 unspecified atom stereocenters. The highest BCUT2D eigenvalue weighted by atomic mass is 16.5. The first-order valence-electron chi connectivity index (χ1n) is 6.53. The van der Waals surface area contributed by atoms with Crippen LogP contribution in [0.4, 0.5) is 0 Å². The predicted molar refractivity (Wildman–Crippen MR) is 77.0 cm³/mol. The van der Waals surface area contributed by atoms with Gasteiger partial charge in [0.2, 0.25) is 0 Å². The van der Waals surface area contributed by atoms with Gasteiger partial charge < -0.3 is 4.74 Å². The smallest absolute Gasteiger partial charge is 0.138 e. The maximum Gasteiger partial charge on any atom is 0.138 e. The van der Waals surface area contributed by atoms with Crippen LogP contribution in [0.3, 0.4) is 0 Å². The van der Waals surface area contributed by atoms with E-state index in [2.05, 4.69) is 20.2 Å². The molecule has 0 aliphatic rings. The third-order valence-corrected chi connectivity index (χ3v) is 3.60. The molecular weight excluding hydrogens is 268 g/mol. The van der Waals surface area contributed by atoms with Gasteiger partial charge in [-0.3, -0.25) is 0 Å². The fourth-order valence-corrected chi connectivity index (χ4v) is 2.81. The number of benzene rings is 1. The Balaban J connectivity index is 2.38. The normalized spacial score (nSPS) is 10.9. The van der Waals surface area contributed by atoms with Crippen LogP contribution in [-0.2, 0) is 0 Å². The van der Waals surface area contributed by atoms with Gasteiger partial charge in [0.05, 0.1) is 18.5 Å². The van der Waals surface area contributed by atoms with Crippen molar-refractivity contribution in [2.45, 2.75) is 20.8 Å². The molecular formula is C14H16N6O. The fourth-order valence-electron chi connectivity index (χ4n) is 2.81. The third kappa shape index (κ3) is 1.97. The molecule has 0 aliphatic heterocycles. The van der Waals surface area contributed by atoms with Crippen LogP contribution in [-0.4, -0.2) is 36.6 Å². The molecule has 2 aromatic heterocycles. The molecule has 0 amide bonds. The zero-order valence-electron chi connectivity index (χ0n) is 12.4. The molecule has 3 rings (SSSR count). The van der Waals surface area contributed by atoms with E-state index in [0.717, 1.165) is 33.8 Å². The largest absolute Gasteiger partial charge is 0.496 e. The lowest BCUT2D eigenvalue weighted by molar-refractivity contribution is 0.407. The van der Waals surface area contributed by atoms with E-state index in [1.165, 1.54) is 12.7 Å². The van der Waals surface area contributed by atoms with Crippen LogP contribution in [0.5, 0.6) is 5.75 Å². The summed E-state index contributed by atoms with van der Waals surface area (Å²) in [5, 5.41) is 8.48. The second kappa shape index (κ2) is 5.01. The third-order valence-electron chi connectivity index (χ3n) is 3.60. The zero-order chi connectivity index (χ0) is 15.0. The van der Waals surface area contributed by atoms with Gasteiger partial charge in [-0.2, -0.15) is 10.2 Å². The van der Waals surface area contributed by atoms with Gasteiger partial charge in [-0.25, -0.2) is 19.3 Å². The van der Waals surface area contributed by atoms with Gasteiger partial charge in [0.15, 0.2) is 0 Å². The molecule has 7 nitrogen and oxygen atoms in total. The van der Waals surface area contributed by atoms with E-state index in [4.69, 9.17) is 4.74 Å². The van der Waals surface area contributed by atoms with Crippen LogP contribution in [0.25, 0.3) is 11.4 Å². The fraction of sp³-hybridized carbons (Fsp3) is 0.286. The van der Waals surface area contributed by atoms with Crippen molar-refractivity contribution < 1.29 is 4.74 Å². The highest BCUT2D eigenvalue weighted by Crippen LogP contribution is 2.36. The van der Waals surface area contributed by atoms with Crippen molar-refractivity contribution in [2.24, 2.45) is 0 Å². The minimum Gasteiger partial charge on any atom is -0.496 e. The highest BCUT2D eigenvalue weighted by molar-refractivity contribution is 5.66. The van der Waals surface area contributed by atoms with E-state index in [0.29, 0.717) is 0 Å². The Labute approximate surface area is 122 Å². The number of hydrogen-bond acceptors (Lipinski definition) is 5. The number of rotatable bonds is 3. The molecule has 108 valence electrons. The maximum atomic E-state index is 5.59. The van der Waals surface area contributed by atoms with Crippen LogP contribution in [0.15, 0.2) is 25.3 Å². The van der Waals surface area contributed by atoms with Gasteiger partial charge in [0.25, 0.3) is 0 Å². The molecule has 0 bridgehead atoms. The summed E-state index contributed by atoms with van der Waals surface area (Å²) in [6, 6.07) is 0. The Hall–Kier alpha value is -2.70. The monoisotopic (exact) mass is 284 g/mol. The van der Waals surface area contributed by atoms with E-state index in [1.54, 1.807) is 29.1 Å². The quantitative estimate of drug-likeness (QED) is 0.733. The zero-order valence-corrected chi connectivity index (χ0v) is 12.4. The predicted octanol–water partition coefficient (Wildman–Crippen LogP) is 1.78. The lowest BCUT2D eigenvalue weighted by Crippen LogP contribution is -2.10. The Morgan fingerprint density at radius 3 is 1.62 bits per heavy atom. The molecule has 0 atom stereocenters. The maximum absolute atomic E-state index is 5.59. The molecule has 7 heteroatoms. The second-order valence-corrected chi connectivity index (χ2v) is 4.79. The molecule has 0 spiro atoms. The van der Waals surface area contributed by atoms with Gasteiger partial charge in [-0.15, -0.1) is 0 Å². The average Bonchev–Trinajstić information content (AvgIpc) is 3.12. The van der Waals surface area contributed by atoms with Crippen LogP contribution in [0.2, 0.25) is 0 Å². The SMILES string of the molecule is COc1c(C)c(-n2cncn2)c(C)c(-n2cncn2)c1C. The summed E-state index contributed by atoms with van der Waals surface area (Å²) in [6.45, 7) is 6.06. The Morgan fingerprint density at radius 2 is 1.29 bits per heavy atom. The number of nitrogens with zero attached hydrogens (tertiary/aromatic N) is 6. The standard InChI is InChI=1S/C14H16N6O/c1-9-12(19-7-15-5-17-19)10(2)14(21-4)11(3)13(9)20-8-16-6-18-20/h5-8H,1-4H3. The Bertz CT molecular complexity index is 700. The number of methoxy groups -OCH3 is 1. The summed E-state index contributed by atoms with van der Waals surface area (Å²) in [4.78, 5) is 8.05. The molecule has 0 aliphatic carbocycles. The number of ether oxygens (including phenoxy) is 1. The highest BCUT2D eigenvalue weighted by Gasteiger charge is 2.20. The topological polar surface area (TPSA) is 70.7 Å². The van der Waals surface area contributed by atoms with Crippen LogP contribution >= 0.6 is 0 Å². The first-order chi connectivity index (χ1) is 10.1. The molecule has 0 saturated heterocycles. The van der Waals surface area contributed by atoms with Crippen molar-refractivity contribution in [1.29, 1.82) is 0 Å². The summed E-state index contributed by atoms with van der Waals surface area (Å²) in [5.74, 6) is 0.816. The average molecular weight is 284 g/mol. The van der Waals surface area contributed by atoms with Crippen molar-refractivity contribution in [1.82, 2.24) is 29.5 Å². The van der Waals surface area contributed by atoms with Crippen LogP contribution in [0, 0.1) is 20.8 Å². The Kier molecular flexibility index (Phi) is 3.17. The molecule has 0 N–H and O–H groups in total. The lowest BCUT2D eigenvalue weighted by Gasteiger charge is -2.20. The van der Waals surface area contributed by atoms with Crippen molar-refractivity contribution in [2.75, 3.05) is 7.11 Å². The summed E-state index contributed by atoms with van der Waals surface area (Å²) in [5.41, 5.74) is 4.96. The van der Waals surface area contributed by atoms with Crippen molar-refractivity contribution in [3.05, 3.63) is 42.0 Å². The number of hydrogen-bond donors (Lipinski definition) is 0. The Morgan fingerprint density at radius 1 is 0.810 bits per heavy atom. The van der Waals surface area contributed by atoms with Gasteiger partial charge in [0.1, 0.15) is 31.1 Å². The minimum atomic E-state index is 0.816. The summed E-state index contributed by atoms with van der Waals surface area (Å²) in [6.07, 6.45) is 6.38. The molecule has 0 radical (unpaired) electrons. The van der Waals surface area contributed by atoms with Gasteiger partial charge >= 0.3 is 0 Å². The summed E-state index contributed by atoms with van der Waals surface area (Å²) < 4.78 is 9.07. The van der Waals surface area contributed by atoms with E-state index < -0.39 is 0 Å². The first-order valence-corrected chi connectivity index (χ1v) is 6.53. The van der Waals surface area contributed by atoms with Gasteiger partial charge in [0, 0.05) is 16.7 Å². The van der Waals surface area contributed by atoms with Crippen molar-refractivity contribution >= 4 is 0 Å². The number of aromatic nitrogens is 6. The van der Waals surface area contributed by atoms with Crippen molar-refractivity contribution in [3.8, 4) is 17.1 Å². The molecule has 1 aromatic carbocycles. The lowest BCUT2D eigenvalue weighted by atomic mass is 10.00. The van der Waals surface area contributed by atoms with Gasteiger partial charge in [-0.1, -0.05) is 0 Å². The molecule has 0 saturated carbocycles. The second-order valence-electron chi connectivity index (χ2n) is 4.79. The van der Waals surface area contributed by atoms with E-state index in [9.17, 15) is 0 Å².